The summed E-state index contributed by atoms with van der Waals surface area (Å²) in [5.74, 6) is 1.09. The van der Waals surface area contributed by atoms with Gasteiger partial charge in [0.2, 0.25) is 11.8 Å². The zero-order valence-electron chi connectivity index (χ0n) is 15.6. The highest BCUT2D eigenvalue weighted by atomic mass is 16.5. The first kappa shape index (κ1) is 18.7. The van der Waals surface area contributed by atoms with Gasteiger partial charge in [-0.25, -0.2) is 0 Å². The molecule has 1 saturated heterocycles. The molecule has 6 heteroatoms. The monoisotopic (exact) mass is 359 g/mol. The number of carbonyl (C=O) groups excluding carboxylic acids is 2. The molecule has 0 aromatic heterocycles. The topological polar surface area (TPSA) is 75.9 Å². The van der Waals surface area contributed by atoms with Crippen LogP contribution in [-0.2, 0) is 16.1 Å². The Kier molecular flexibility index (Phi) is 5.81. The molecule has 1 fully saturated rings. The first-order valence-corrected chi connectivity index (χ1v) is 9.53. The molecule has 0 radical (unpaired) electrons. The van der Waals surface area contributed by atoms with Gasteiger partial charge in [0, 0.05) is 45.0 Å². The van der Waals surface area contributed by atoms with Crippen LogP contribution in [0, 0.1) is 0 Å². The lowest BCUT2D eigenvalue weighted by Gasteiger charge is -2.35. The van der Waals surface area contributed by atoms with E-state index in [9.17, 15) is 9.59 Å². The molecule has 0 unspecified atom stereocenters. The van der Waals surface area contributed by atoms with Gasteiger partial charge in [-0.05, 0) is 31.9 Å². The number of likely N-dealkylation sites (tertiary alicyclic amines) is 1. The van der Waals surface area contributed by atoms with Crippen molar-refractivity contribution >= 4 is 11.8 Å². The summed E-state index contributed by atoms with van der Waals surface area (Å²) in [6.45, 7) is 4.71. The molecule has 0 saturated carbocycles. The number of para-hydroxylation sites is 1. The lowest BCUT2D eigenvalue weighted by atomic mass is 9.93. The molecular weight excluding hydrogens is 330 g/mol. The van der Waals surface area contributed by atoms with Gasteiger partial charge in [0.15, 0.2) is 0 Å². The third-order valence-electron chi connectivity index (χ3n) is 5.43. The van der Waals surface area contributed by atoms with Gasteiger partial charge in [-0.15, -0.1) is 0 Å². The minimum atomic E-state index is -0.429. The van der Waals surface area contributed by atoms with Gasteiger partial charge in [0.1, 0.15) is 11.4 Å². The highest BCUT2D eigenvalue weighted by Gasteiger charge is 2.40. The summed E-state index contributed by atoms with van der Waals surface area (Å²) in [5.41, 5.74) is 6.14. The molecule has 6 nitrogen and oxygen atoms in total. The number of benzene rings is 1. The summed E-state index contributed by atoms with van der Waals surface area (Å²) in [6.07, 6.45) is 3.68. The van der Waals surface area contributed by atoms with E-state index < -0.39 is 5.60 Å². The van der Waals surface area contributed by atoms with Gasteiger partial charge >= 0.3 is 0 Å². The van der Waals surface area contributed by atoms with Crippen molar-refractivity contribution in [1.82, 2.24) is 9.80 Å². The van der Waals surface area contributed by atoms with E-state index >= 15 is 0 Å². The fraction of sp³-hybridized carbons (Fsp3) is 0.600. The summed E-state index contributed by atoms with van der Waals surface area (Å²) in [4.78, 5) is 28.3. The van der Waals surface area contributed by atoms with Crippen molar-refractivity contribution in [3.8, 4) is 5.75 Å². The number of rotatable bonds is 3. The van der Waals surface area contributed by atoms with Crippen LogP contribution in [0.2, 0.25) is 0 Å². The van der Waals surface area contributed by atoms with E-state index in [0.29, 0.717) is 32.6 Å². The minimum Gasteiger partial charge on any atom is -0.485 e. The van der Waals surface area contributed by atoms with Crippen LogP contribution >= 0.6 is 0 Å². The van der Waals surface area contributed by atoms with Crippen molar-refractivity contribution in [3.63, 3.8) is 0 Å². The number of hydrogen-bond acceptors (Lipinski definition) is 4. The molecular formula is C20H29N3O3. The SMILES string of the molecule is CC(=O)N1Cc2ccccc2O[C@@]2(CCCN(C(=O)CCCN)CC2)C1. The van der Waals surface area contributed by atoms with Crippen LogP contribution in [0.5, 0.6) is 5.75 Å². The molecule has 0 aliphatic carbocycles. The summed E-state index contributed by atoms with van der Waals surface area (Å²) in [7, 11) is 0. The van der Waals surface area contributed by atoms with Crippen LogP contribution in [0.4, 0.5) is 0 Å². The van der Waals surface area contributed by atoms with E-state index in [2.05, 4.69) is 0 Å². The number of ether oxygens (including phenoxy) is 1. The predicted octanol–water partition coefficient (Wildman–Crippen LogP) is 1.92. The Hall–Kier alpha value is -2.08. The first-order chi connectivity index (χ1) is 12.5. The van der Waals surface area contributed by atoms with E-state index in [1.54, 1.807) is 6.92 Å². The van der Waals surface area contributed by atoms with Gasteiger partial charge in [-0.2, -0.15) is 0 Å². The van der Waals surface area contributed by atoms with Crippen LogP contribution < -0.4 is 10.5 Å². The summed E-state index contributed by atoms with van der Waals surface area (Å²) >= 11 is 0. The van der Waals surface area contributed by atoms with Crippen molar-refractivity contribution in [1.29, 1.82) is 0 Å². The van der Waals surface area contributed by atoms with Gasteiger partial charge < -0.3 is 20.3 Å². The van der Waals surface area contributed by atoms with Gasteiger partial charge in [0.05, 0.1) is 6.54 Å². The average Bonchev–Trinajstić information content (AvgIpc) is 2.93. The second-order valence-corrected chi connectivity index (χ2v) is 7.39. The third kappa shape index (κ3) is 4.18. The maximum absolute atomic E-state index is 12.4. The fourth-order valence-electron chi connectivity index (χ4n) is 3.92. The molecule has 2 aliphatic heterocycles. The number of hydrogen-bond donors (Lipinski definition) is 1. The molecule has 3 rings (SSSR count). The van der Waals surface area contributed by atoms with Crippen molar-refractivity contribution < 1.29 is 14.3 Å². The summed E-state index contributed by atoms with van der Waals surface area (Å²) in [5, 5.41) is 0. The molecule has 0 bridgehead atoms. The van der Waals surface area contributed by atoms with E-state index in [4.69, 9.17) is 10.5 Å². The molecule has 1 atom stereocenters. The van der Waals surface area contributed by atoms with Crippen LogP contribution in [0.15, 0.2) is 24.3 Å². The number of amides is 2. The molecule has 142 valence electrons. The van der Waals surface area contributed by atoms with Crippen molar-refractivity contribution in [2.75, 3.05) is 26.2 Å². The maximum Gasteiger partial charge on any atom is 0.222 e. The fourth-order valence-corrected chi connectivity index (χ4v) is 3.92. The zero-order chi connectivity index (χ0) is 18.6. The van der Waals surface area contributed by atoms with Crippen LogP contribution in [-0.4, -0.2) is 53.4 Å². The Balaban J connectivity index is 1.79. The first-order valence-electron chi connectivity index (χ1n) is 9.53. The largest absolute Gasteiger partial charge is 0.485 e. The lowest BCUT2D eigenvalue weighted by Crippen LogP contribution is -2.47. The minimum absolute atomic E-state index is 0.0600. The number of nitrogens with zero attached hydrogens (tertiary/aromatic N) is 2. The highest BCUT2D eigenvalue weighted by molar-refractivity contribution is 5.76. The summed E-state index contributed by atoms with van der Waals surface area (Å²) < 4.78 is 6.50. The van der Waals surface area contributed by atoms with E-state index in [-0.39, 0.29) is 11.8 Å². The molecule has 1 spiro atoms. The van der Waals surface area contributed by atoms with Gasteiger partial charge in [0.25, 0.3) is 0 Å². The van der Waals surface area contributed by atoms with Crippen LogP contribution in [0.1, 0.15) is 44.6 Å². The second kappa shape index (κ2) is 8.08. The Bertz CT molecular complexity index is 663. The number of carbonyl (C=O) groups is 2. The Labute approximate surface area is 155 Å². The highest BCUT2D eigenvalue weighted by Crippen LogP contribution is 2.35. The number of fused-ring (bicyclic) bond motifs is 1. The Morgan fingerprint density at radius 2 is 2.00 bits per heavy atom. The second-order valence-electron chi connectivity index (χ2n) is 7.39. The third-order valence-corrected chi connectivity index (χ3v) is 5.43. The smallest absolute Gasteiger partial charge is 0.222 e. The maximum atomic E-state index is 12.4. The lowest BCUT2D eigenvalue weighted by molar-refractivity contribution is -0.133. The quantitative estimate of drug-likeness (QED) is 0.895. The van der Waals surface area contributed by atoms with E-state index in [1.165, 1.54) is 0 Å². The average molecular weight is 359 g/mol. The van der Waals surface area contributed by atoms with Gasteiger partial charge in [-0.1, -0.05) is 18.2 Å². The van der Waals surface area contributed by atoms with E-state index in [0.717, 1.165) is 43.5 Å². The number of nitrogens with two attached hydrogens (primary N) is 1. The molecule has 2 amide bonds. The standard InChI is InChI=1S/C20H29N3O3/c1-16(24)23-14-17-6-2-3-7-18(17)26-20(15-23)9-5-12-22(13-10-20)19(25)8-4-11-21/h2-3,6-7H,4-5,8-15,21H2,1H3/t20-/m1/s1. The summed E-state index contributed by atoms with van der Waals surface area (Å²) in [6, 6.07) is 7.94. The Morgan fingerprint density at radius 1 is 1.19 bits per heavy atom. The van der Waals surface area contributed by atoms with Crippen LogP contribution in [0.3, 0.4) is 0 Å². The van der Waals surface area contributed by atoms with Gasteiger partial charge in [-0.3, -0.25) is 9.59 Å². The van der Waals surface area contributed by atoms with Crippen LogP contribution in [0.25, 0.3) is 0 Å². The normalized spacial score (nSPS) is 23.0. The van der Waals surface area contributed by atoms with Crippen molar-refractivity contribution in [3.05, 3.63) is 29.8 Å². The molecule has 26 heavy (non-hydrogen) atoms. The molecule has 2 N–H and O–H groups in total. The van der Waals surface area contributed by atoms with Crippen molar-refractivity contribution in [2.45, 2.75) is 51.2 Å². The molecule has 1 aromatic carbocycles. The van der Waals surface area contributed by atoms with Crippen molar-refractivity contribution in [2.24, 2.45) is 5.73 Å². The molecule has 2 aliphatic rings. The zero-order valence-corrected chi connectivity index (χ0v) is 15.6. The van der Waals surface area contributed by atoms with E-state index in [1.807, 2.05) is 34.1 Å². The molecule has 1 aromatic rings. The Morgan fingerprint density at radius 3 is 2.77 bits per heavy atom. The molecule has 2 heterocycles. The predicted molar refractivity (Wildman–Crippen MR) is 99.6 cm³/mol.